The molecule has 1 unspecified atom stereocenters. The number of carbonyl (C=O) groups excluding carboxylic acids is 1. The standard InChI is InChI=1S/C18H29N3O3/c1-14(2)17(21-8-10-24-11-9-21)13-20-18(22)19-12-15-4-6-16(23-3)7-5-15/h4-7,14,17H,8-13H2,1-3H3,(H2,19,20,22). The monoisotopic (exact) mass is 335 g/mol. The van der Waals surface area contributed by atoms with Crippen LogP contribution in [0.15, 0.2) is 24.3 Å². The van der Waals surface area contributed by atoms with E-state index in [9.17, 15) is 4.79 Å². The number of hydrogen-bond donors (Lipinski definition) is 2. The van der Waals surface area contributed by atoms with E-state index in [0.717, 1.165) is 37.6 Å². The minimum absolute atomic E-state index is 0.135. The zero-order valence-electron chi connectivity index (χ0n) is 14.9. The molecule has 2 rings (SSSR count). The number of morpholine rings is 1. The molecule has 1 fully saturated rings. The molecule has 6 nitrogen and oxygen atoms in total. The van der Waals surface area contributed by atoms with Crippen LogP contribution in [0.1, 0.15) is 19.4 Å². The molecule has 1 heterocycles. The van der Waals surface area contributed by atoms with Gasteiger partial charge < -0.3 is 20.1 Å². The Morgan fingerprint density at radius 2 is 1.88 bits per heavy atom. The van der Waals surface area contributed by atoms with Crippen LogP contribution >= 0.6 is 0 Å². The van der Waals surface area contributed by atoms with Crippen LogP contribution in [0.3, 0.4) is 0 Å². The summed E-state index contributed by atoms with van der Waals surface area (Å²) in [6, 6.07) is 7.88. The van der Waals surface area contributed by atoms with E-state index in [-0.39, 0.29) is 6.03 Å². The van der Waals surface area contributed by atoms with Crippen molar-refractivity contribution in [2.45, 2.75) is 26.4 Å². The molecule has 2 amide bonds. The first kappa shape index (κ1) is 18.5. The minimum Gasteiger partial charge on any atom is -0.497 e. The van der Waals surface area contributed by atoms with Crippen LogP contribution in [-0.2, 0) is 11.3 Å². The number of carbonyl (C=O) groups is 1. The Morgan fingerprint density at radius 3 is 2.46 bits per heavy atom. The third-order valence-electron chi connectivity index (χ3n) is 4.37. The highest BCUT2D eigenvalue weighted by Gasteiger charge is 2.24. The van der Waals surface area contributed by atoms with Crippen molar-refractivity contribution in [3.05, 3.63) is 29.8 Å². The Balaban J connectivity index is 1.75. The maximum atomic E-state index is 12.1. The van der Waals surface area contributed by atoms with Crippen molar-refractivity contribution < 1.29 is 14.3 Å². The zero-order chi connectivity index (χ0) is 17.4. The van der Waals surface area contributed by atoms with Crippen molar-refractivity contribution >= 4 is 6.03 Å². The summed E-state index contributed by atoms with van der Waals surface area (Å²) in [7, 11) is 1.64. The SMILES string of the molecule is COc1ccc(CNC(=O)NCC(C(C)C)N2CCOCC2)cc1. The van der Waals surface area contributed by atoms with Gasteiger partial charge in [-0.2, -0.15) is 0 Å². The van der Waals surface area contributed by atoms with Gasteiger partial charge in [0.1, 0.15) is 5.75 Å². The van der Waals surface area contributed by atoms with E-state index in [1.165, 1.54) is 0 Å². The third kappa shape index (κ3) is 5.69. The van der Waals surface area contributed by atoms with E-state index in [1.807, 2.05) is 24.3 Å². The first-order chi connectivity index (χ1) is 11.6. The summed E-state index contributed by atoms with van der Waals surface area (Å²) < 4.78 is 10.5. The number of nitrogens with zero attached hydrogens (tertiary/aromatic N) is 1. The van der Waals surface area contributed by atoms with E-state index >= 15 is 0 Å². The predicted molar refractivity (Wildman–Crippen MR) is 94.3 cm³/mol. The summed E-state index contributed by atoms with van der Waals surface area (Å²) in [5.41, 5.74) is 1.04. The number of nitrogens with one attached hydrogen (secondary N) is 2. The van der Waals surface area contributed by atoms with Crippen molar-refractivity contribution in [1.82, 2.24) is 15.5 Å². The molecular formula is C18H29N3O3. The molecule has 1 aliphatic rings. The van der Waals surface area contributed by atoms with Gasteiger partial charge in [-0.05, 0) is 23.6 Å². The number of benzene rings is 1. The largest absolute Gasteiger partial charge is 0.497 e. The van der Waals surface area contributed by atoms with Gasteiger partial charge in [0.15, 0.2) is 0 Å². The summed E-state index contributed by atoms with van der Waals surface area (Å²) in [6.45, 7) is 8.93. The second-order valence-corrected chi connectivity index (χ2v) is 6.37. The third-order valence-corrected chi connectivity index (χ3v) is 4.37. The van der Waals surface area contributed by atoms with Crippen molar-refractivity contribution in [3.8, 4) is 5.75 Å². The zero-order valence-corrected chi connectivity index (χ0v) is 14.9. The number of methoxy groups -OCH3 is 1. The lowest BCUT2D eigenvalue weighted by Crippen LogP contribution is -2.52. The molecule has 1 aromatic rings. The second-order valence-electron chi connectivity index (χ2n) is 6.37. The van der Waals surface area contributed by atoms with Crippen molar-refractivity contribution in [2.75, 3.05) is 40.0 Å². The van der Waals surface area contributed by atoms with Crippen molar-refractivity contribution in [1.29, 1.82) is 0 Å². The summed E-state index contributed by atoms with van der Waals surface area (Å²) in [5, 5.41) is 5.90. The Hall–Kier alpha value is -1.79. The van der Waals surface area contributed by atoms with E-state index in [4.69, 9.17) is 9.47 Å². The quantitative estimate of drug-likeness (QED) is 0.798. The van der Waals surface area contributed by atoms with E-state index < -0.39 is 0 Å². The lowest BCUT2D eigenvalue weighted by molar-refractivity contribution is 0.00719. The van der Waals surface area contributed by atoms with Gasteiger partial charge in [-0.3, -0.25) is 4.90 Å². The van der Waals surface area contributed by atoms with Gasteiger partial charge in [0.2, 0.25) is 0 Å². The fraction of sp³-hybridized carbons (Fsp3) is 0.611. The number of hydrogen-bond acceptors (Lipinski definition) is 4. The van der Waals surface area contributed by atoms with Crippen LogP contribution in [-0.4, -0.2) is 56.9 Å². The van der Waals surface area contributed by atoms with Crippen LogP contribution in [0.5, 0.6) is 5.75 Å². The van der Waals surface area contributed by atoms with Gasteiger partial charge in [0.05, 0.1) is 20.3 Å². The average molecular weight is 335 g/mol. The highest BCUT2D eigenvalue weighted by molar-refractivity contribution is 5.73. The number of rotatable bonds is 7. The summed E-state index contributed by atoms with van der Waals surface area (Å²) in [4.78, 5) is 14.5. The number of ether oxygens (including phenoxy) is 2. The molecule has 2 N–H and O–H groups in total. The molecule has 0 bridgehead atoms. The van der Waals surface area contributed by atoms with Crippen LogP contribution in [0.25, 0.3) is 0 Å². The second kappa shape index (κ2) is 9.49. The molecular weight excluding hydrogens is 306 g/mol. The molecule has 0 aliphatic carbocycles. The Kier molecular flexibility index (Phi) is 7.34. The highest BCUT2D eigenvalue weighted by atomic mass is 16.5. The summed E-state index contributed by atoms with van der Waals surface area (Å²) in [6.07, 6.45) is 0. The molecule has 1 atom stereocenters. The topological polar surface area (TPSA) is 62.8 Å². The van der Waals surface area contributed by atoms with Crippen LogP contribution in [0.4, 0.5) is 4.79 Å². The van der Waals surface area contributed by atoms with Crippen LogP contribution in [0, 0.1) is 5.92 Å². The molecule has 6 heteroatoms. The maximum absolute atomic E-state index is 12.1. The molecule has 1 aromatic carbocycles. The summed E-state index contributed by atoms with van der Waals surface area (Å²) in [5.74, 6) is 1.29. The van der Waals surface area contributed by atoms with Gasteiger partial charge in [-0.15, -0.1) is 0 Å². The molecule has 0 saturated carbocycles. The van der Waals surface area contributed by atoms with E-state index in [0.29, 0.717) is 25.0 Å². The fourth-order valence-corrected chi connectivity index (χ4v) is 2.88. The lowest BCUT2D eigenvalue weighted by atomic mass is 10.0. The van der Waals surface area contributed by atoms with Gasteiger partial charge in [0, 0.05) is 32.2 Å². The normalized spacial score (nSPS) is 16.7. The van der Waals surface area contributed by atoms with Crippen molar-refractivity contribution in [3.63, 3.8) is 0 Å². The van der Waals surface area contributed by atoms with Crippen LogP contribution in [0.2, 0.25) is 0 Å². The number of urea groups is 1. The van der Waals surface area contributed by atoms with Gasteiger partial charge in [-0.1, -0.05) is 26.0 Å². The van der Waals surface area contributed by atoms with E-state index in [1.54, 1.807) is 7.11 Å². The lowest BCUT2D eigenvalue weighted by Gasteiger charge is -2.36. The molecule has 0 radical (unpaired) electrons. The van der Waals surface area contributed by atoms with Gasteiger partial charge in [-0.25, -0.2) is 4.79 Å². The first-order valence-corrected chi connectivity index (χ1v) is 8.56. The fourth-order valence-electron chi connectivity index (χ4n) is 2.88. The molecule has 0 spiro atoms. The maximum Gasteiger partial charge on any atom is 0.315 e. The van der Waals surface area contributed by atoms with Crippen LogP contribution < -0.4 is 15.4 Å². The first-order valence-electron chi connectivity index (χ1n) is 8.56. The smallest absolute Gasteiger partial charge is 0.315 e. The number of amides is 2. The van der Waals surface area contributed by atoms with Gasteiger partial charge >= 0.3 is 6.03 Å². The molecule has 1 aliphatic heterocycles. The highest BCUT2D eigenvalue weighted by Crippen LogP contribution is 2.12. The van der Waals surface area contributed by atoms with Gasteiger partial charge in [0.25, 0.3) is 0 Å². The minimum atomic E-state index is -0.135. The molecule has 24 heavy (non-hydrogen) atoms. The average Bonchev–Trinajstić information content (AvgIpc) is 2.61. The van der Waals surface area contributed by atoms with E-state index in [2.05, 4.69) is 29.4 Å². The Bertz CT molecular complexity index is 499. The Labute approximate surface area is 144 Å². The summed E-state index contributed by atoms with van der Waals surface area (Å²) >= 11 is 0. The van der Waals surface area contributed by atoms with Crippen molar-refractivity contribution in [2.24, 2.45) is 5.92 Å². The Morgan fingerprint density at radius 1 is 1.21 bits per heavy atom. The molecule has 1 saturated heterocycles. The molecule has 134 valence electrons. The molecule has 0 aromatic heterocycles. The predicted octanol–water partition coefficient (Wildman–Crippen LogP) is 1.85.